The lowest BCUT2D eigenvalue weighted by Gasteiger charge is -2.30. The molecule has 1 aliphatic carbocycles. The molecule has 0 spiro atoms. The number of amides is 2. The van der Waals surface area contributed by atoms with Crippen LogP contribution in [0, 0.1) is 11.8 Å². The third-order valence-corrected chi connectivity index (χ3v) is 4.96. The maximum atomic E-state index is 12.4. The molecule has 2 atom stereocenters. The lowest BCUT2D eigenvalue weighted by atomic mass is 9.96. The van der Waals surface area contributed by atoms with E-state index in [-0.39, 0.29) is 18.4 Å². The summed E-state index contributed by atoms with van der Waals surface area (Å²) in [5.74, 6) is 0.134. The highest BCUT2D eigenvalue weighted by Crippen LogP contribution is 2.35. The minimum absolute atomic E-state index is 0.0478. The molecule has 2 fully saturated rings. The van der Waals surface area contributed by atoms with Crippen LogP contribution in [0.2, 0.25) is 0 Å². The van der Waals surface area contributed by atoms with Gasteiger partial charge in [0.15, 0.2) is 0 Å². The van der Waals surface area contributed by atoms with Crippen LogP contribution in [-0.2, 0) is 4.79 Å². The predicted molar refractivity (Wildman–Crippen MR) is 81.1 cm³/mol. The Hall–Kier alpha value is -1.26. The zero-order valence-electron chi connectivity index (χ0n) is 13.0. The van der Waals surface area contributed by atoms with Crippen molar-refractivity contribution >= 4 is 12.0 Å². The topological polar surface area (TPSA) is 69.6 Å². The molecule has 1 saturated heterocycles. The van der Waals surface area contributed by atoms with Crippen LogP contribution in [0.15, 0.2) is 0 Å². The first-order valence-electron chi connectivity index (χ1n) is 8.34. The molecule has 120 valence electrons. The van der Waals surface area contributed by atoms with Gasteiger partial charge in [0.25, 0.3) is 0 Å². The second-order valence-electron chi connectivity index (χ2n) is 6.67. The largest absolute Gasteiger partial charge is 0.481 e. The molecule has 2 aliphatic rings. The van der Waals surface area contributed by atoms with E-state index in [2.05, 4.69) is 5.32 Å². The molecule has 0 aromatic rings. The fourth-order valence-corrected chi connectivity index (χ4v) is 3.71. The van der Waals surface area contributed by atoms with Gasteiger partial charge in [0.1, 0.15) is 0 Å². The Kier molecular flexibility index (Phi) is 5.88. The molecular formula is C16H28N2O3. The minimum Gasteiger partial charge on any atom is -0.481 e. The van der Waals surface area contributed by atoms with Crippen molar-refractivity contribution in [3.63, 3.8) is 0 Å². The summed E-state index contributed by atoms with van der Waals surface area (Å²) in [5, 5.41) is 11.7. The Bertz CT molecular complexity index is 367. The number of rotatable bonds is 6. The second kappa shape index (κ2) is 7.66. The standard InChI is InChI=1S/C16H28N2O3/c1-12(8-9-15(19)20)11-17-16(21)18-10-4-7-14(18)13-5-2-3-6-13/h12-14H,2-11H2,1H3,(H,17,21)(H,19,20). The monoisotopic (exact) mass is 296 g/mol. The number of hydrogen-bond donors (Lipinski definition) is 2. The van der Waals surface area contributed by atoms with Crippen LogP contribution < -0.4 is 5.32 Å². The maximum absolute atomic E-state index is 12.4. The highest BCUT2D eigenvalue weighted by atomic mass is 16.4. The van der Waals surface area contributed by atoms with Gasteiger partial charge in [-0.3, -0.25) is 4.79 Å². The molecule has 21 heavy (non-hydrogen) atoms. The van der Waals surface area contributed by atoms with Crippen molar-refractivity contribution in [2.75, 3.05) is 13.1 Å². The summed E-state index contributed by atoms with van der Waals surface area (Å²) in [6.45, 7) is 3.43. The molecule has 0 bridgehead atoms. The summed E-state index contributed by atoms with van der Waals surface area (Å²) in [7, 11) is 0. The normalized spacial score (nSPS) is 24.2. The molecular weight excluding hydrogens is 268 g/mol. The van der Waals surface area contributed by atoms with Gasteiger partial charge in [0.2, 0.25) is 0 Å². The van der Waals surface area contributed by atoms with Crippen LogP contribution in [0.4, 0.5) is 4.79 Å². The van der Waals surface area contributed by atoms with Crippen molar-refractivity contribution in [3.05, 3.63) is 0 Å². The number of urea groups is 1. The van der Waals surface area contributed by atoms with Gasteiger partial charge in [-0.05, 0) is 43.9 Å². The molecule has 0 aromatic carbocycles. The lowest BCUT2D eigenvalue weighted by molar-refractivity contribution is -0.137. The summed E-state index contributed by atoms with van der Waals surface area (Å²) in [4.78, 5) is 24.9. The van der Waals surface area contributed by atoms with Crippen LogP contribution in [0.1, 0.15) is 58.3 Å². The van der Waals surface area contributed by atoms with Gasteiger partial charge in [-0.25, -0.2) is 4.79 Å². The Labute approximate surface area is 127 Å². The van der Waals surface area contributed by atoms with E-state index >= 15 is 0 Å². The lowest BCUT2D eigenvalue weighted by Crippen LogP contribution is -2.46. The maximum Gasteiger partial charge on any atom is 0.317 e. The van der Waals surface area contributed by atoms with Crippen LogP contribution in [0.3, 0.4) is 0 Å². The van der Waals surface area contributed by atoms with Gasteiger partial charge in [0, 0.05) is 25.6 Å². The summed E-state index contributed by atoms with van der Waals surface area (Å²) in [5.41, 5.74) is 0. The van der Waals surface area contributed by atoms with Gasteiger partial charge < -0.3 is 15.3 Å². The van der Waals surface area contributed by atoms with E-state index in [4.69, 9.17) is 5.11 Å². The fourth-order valence-electron chi connectivity index (χ4n) is 3.71. The van der Waals surface area contributed by atoms with Crippen LogP contribution in [-0.4, -0.2) is 41.1 Å². The minimum atomic E-state index is -0.769. The molecule has 5 nitrogen and oxygen atoms in total. The Morgan fingerprint density at radius 1 is 1.24 bits per heavy atom. The zero-order valence-corrected chi connectivity index (χ0v) is 13.0. The Balaban J connectivity index is 1.75. The number of aliphatic carboxylic acids is 1. The van der Waals surface area contributed by atoms with E-state index in [0.717, 1.165) is 19.4 Å². The number of carboxylic acid groups (broad SMARTS) is 1. The van der Waals surface area contributed by atoms with Crippen molar-refractivity contribution in [3.8, 4) is 0 Å². The van der Waals surface area contributed by atoms with Crippen LogP contribution in [0.25, 0.3) is 0 Å². The van der Waals surface area contributed by atoms with Gasteiger partial charge in [0.05, 0.1) is 0 Å². The van der Waals surface area contributed by atoms with Gasteiger partial charge in [-0.1, -0.05) is 19.8 Å². The predicted octanol–water partition coefficient (Wildman–Crippen LogP) is 2.85. The first-order valence-corrected chi connectivity index (χ1v) is 8.34. The van der Waals surface area contributed by atoms with Crippen molar-refractivity contribution in [1.29, 1.82) is 0 Å². The first-order chi connectivity index (χ1) is 10.1. The van der Waals surface area contributed by atoms with Gasteiger partial charge in [-0.15, -0.1) is 0 Å². The number of nitrogens with one attached hydrogen (secondary N) is 1. The quantitative estimate of drug-likeness (QED) is 0.792. The molecule has 0 radical (unpaired) electrons. The third-order valence-electron chi connectivity index (χ3n) is 4.96. The molecule has 2 rings (SSSR count). The van der Waals surface area contributed by atoms with Crippen LogP contribution >= 0.6 is 0 Å². The molecule has 1 heterocycles. The average molecular weight is 296 g/mol. The highest BCUT2D eigenvalue weighted by molar-refractivity contribution is 5.75. The number of nitrogens with zero attached hydrogens (tertiary/aromatic N) is 1. The summed E-state index contributed by atoms with van der Waals surface area (Å²) in [6, 6.07) is 0.480. The van der Waals surface area contributed by atoms with Crippen molar-refractivity contribution in [2.45, 2.75) is 64.3 Å². The average Bonchev–Trinajstić information content (AvgIpc) is 3.11. The highest BCUT2D eigenvalue weighted by Gasteiger charge is 2.35. The molecule has 0 aromatic heterocycles. The zero-order chi connectivity index (χ0) is 15.2. The number of likely N-dealkylation sites (tertiary alicyclic amines) is 1. The number of hydrogen-bond acceptors (Lipinski definition) is 2. The fraction of sp³-hybridized carbons (Fsp3) is 0.875. The number of carbonyl (C=O) groups excluding carboxylic acids is 1. The molecule has 5 heteroatoms. The Morgan fingerprint density at radius 3 is 2.62 bits per heavy atom. The molecule has 1 aliphatic heterocycles. The summed E-state index contributed by atoms with van der Waals surface area (Å²) >= 11 is 0. The van der Waals surface area contributed by atoms with Gasteiger partial charge >= 0.3 is 12.0 Å². The first kappa shape index (κ1) is 16.1. The third kappa shape index (κ3) is 4.61. The Morgan fingerprint density at radius 2 is 1.95 bits per heavy atom. The van der Waals surface area contributed by atoms with Crippen molar-refractivity contribution < 1.29 is 14.7 Å². The molecule has 2 amide bonds. The van der Waals surface area contributed by atoms with Crippen molar-refractivity contribution in [1.82, 2.24) is 10.2 Å². The van der Waals surface area contributed by atoms with Gasteiger partial charge in [-0.2, -0.15) is 0 Å². The van der Waals surface area contributed by atoms with E-state index in [0.29, 0.717) is 24.9 Å². The van der Waals surface area contributed by atoms with Crippen LogP contribution in [0.5, 0.6) is 0 Å². The molecule has 2 unspecified atom stereocenters. The van der Waals surface area contributed by atoms with E-state index in [1.807, 2.05) is 11.8 Å². The van der Waals surface area contributed by atoms with E-state index in [9.17, 15) is 9.59 Å². The van der Waals surface area contributed by atoms with E-state index in [1.54, 1.807) is 0 Å². The van der Waals surface area contributed by atoms with E-state index < -0.39 is 5.97 Å². The smallest absolute Gasteiger partial charge is 0.317 e. The number of carbonyl (C=O) groups is 2. The number of carboxylic acids is 1. The summed E-state index contributed by atoms with van der Waals surface area (Å²) in [6.07, 6.45) is 8.20. The second-order valence-corrected chi connectivity index (χ2v) is 6.67. The molecule has 2 N–H and O–H groups in total. The van der Waals surface area contributed by atoms with E-state index in [1.165, 1.54) is 25.7 Å². The summed E-state index contributed by atoms with van der Waals surface area (Å²) < 4.78 is 0. The van der Waals surface area contributed by atoms with Crippen molar-refractivity contribution in [2.24, 2.45) is 11.8 Å². The SMILES string of the molecule is CC(CCC(=O)O)CNC(=O)N1CCCC1C1CCCC1. The molecule has 1 saturated carbocycles.